The molecule has 0 spiro atoms. The number of hydrogen-bond donors (Lipinski definition) is 1. The molecule has 0 radical (unpaired) electrons. The minimum absolute atomic E-state index is 0.00699. The van der Waals surface area contributed by atoms with Crippen molar-refractivity contribution in [3.8, 4) is 0 Å². The first kappa shape index (κ1) is 18.6. The van der Waals surface area contributed by atoms with Crippen molar-refractivity contribution in [3.05, 3.63) is 34.9 Å². The number of benzene rings is 1. The first-order valence-electron chi connectivity index (χ1n) is 9.05. The van der Waals surface area contributed by atoms with Gasteiger partial charge >= 0.3 is 0 Å². The van der Waals surface area contributed by atoms with E-state index in [2.05, 4.69) is 5.32 Å². The molecule has 1 heterocycles. The van der Waals surface area contributed by atoms with Crippen molar-refractivity contribution in [2.24, 2.45) is 5.92 Å². The fraction of sp³-hybridized carbons (Fsp3) is 0.579. The minimum Gasteiger partial charge on any atom is -0.354 e. The Labute approximate surface area is 158 Å². The van der Waals surface area contributed by atoms with Gasteiger partial charge in [-0.2, -0.15) is 0 Å². The summed E-state index contributed by atoms with van der Waals surface area (Å²) in [4.78, 5) is 26.9. The van der Waals surface area contributed by atoms with Crippen LogP contribution in [0.4, 0.5) is 0 Å². The lowest BCUT2D eigenvalue weighted by Crippen LogP contribution is -2.49. The number of carbonyl (C=O) groups excluding carboxylic acids is 2. The third-order valence-electron chi connectivity index (χ3n) is 5.03. The van der Waals surface area contributed by atoms with Gasteiger partial charge in [-0.25, -0.2) is 0 Å². The Hall–Kier alpha value is -1.20. The maximum Gasteiger partial charge on any atom is 0.243 e. The van der Waals surface area contributed by atoms with Gasteiger partial charge in [0.05, 0.1) is 5.88 Å². The van der Waals surface area contributed by atoms with E-state index in [0.29, 0.717) is 18.2 Å². The van der Waals surface area contributed by atoms with Crippen molar-refractivity contribution in [2.75, 3.05) is 18.2 Å². The van der Waals surface area contributed by atoms with Crippen LogP contribution in [0.15, 0.2) is 24.3 Å². The molecule has 1 saturated carbocycles. The van der Waals surface area contributed by atoms with Gasteiger partial charge in [0.15, 0.2) is 0 Å². The van der Waals surface area contributed by atoms with Crippen molar-refractivity contribution in [2.45, 2.75) is 44.6 Å². The standard InChI is InChI=1S/C19H25ClN2O2S/c20-16-9-7-14(8-10-16)4-3-11-21-18(23)17-12-25-13-22(17)19(24)15-5-1-2-6-15/h7-10,15,17H,1-6,11-13H2,(H,21,23). The van der Waals surface area contributed by atoms with E-state index in [4.69, 9.17) is 11.6 Å². The zero-order valence-electron chi connectivity index (χ0n) is 14.4. The first-order valence-corrected chi connectivity index (χ1v) is 10.6. The van der Waals surface area contributed by atoms with Crippen LogP contribution in [0.5, 0.6) is 0 Å². The SMILES string of the molecule is O=C(NCCCc1ccc(Cl)cc1)C1CSCN1C(=O)C1CCCC1. The van der Waals surface area contributed by atoms with Crippen LogP contribution in [0.1, 0.15) is 37.7 Å². The summed E-state index contributed by atoms with van der Waals surface area (Å²) in [5.74, 6) is 1.68. The van der Waals surface area contributed by atoms with Gasteiger partial charge in [0.2, 0.25) is 11.8 Å². The maximum absolute atomic E-state index is 12.6. The van der Waals surface area contributed by atoms with Crippen molar-refractivity contribution in [3.63, 3.8) is 0 Å². The molecular formula is C19H25ClN2O2S. The molecule has 136 valence electrons. The zero-order chi connectivity index (χ0) is 17.6. The third kappa shape index (κ3) is 4.91. The van der Waals surface area contributed by atoms with Gasteiger partial charge in [0, 0.05) is 23.2 Å². The summed E-state index contributed by atoms with van der Waals surface area (Å²) in [6, 6.07) is 7.50. The quantitative estimate of drug-likeness (QED) is 0.768. The Bertz CT molecular complexity index is 602. The summed E-state index contributed by atoms with van der Waals surface area (Å²) in [5, 5.41) is 3.75. The monoisotopic (exact) mass is 380 g/mol. The molecule has 4 nitrogen and oxygen atoms in total. The van der Waals surface area contributed by atoms with Crippen molar-refractivity contribution >= 4 is 35.2 Å². The lowest BCUT2D eigenvalue weighted by Gasteiger charge is -2.25. The summed E-state index contributed by atoms with van der Waals surface area (Å²) in [6.07, 6.45) is 6.02. The molecule has 0 aromatic heterocycles. The lowest BCUT2D eigenvalue weighted by molar-refractivity contribution is -0.141. The summed E-state index contributed by atoms with van der Waals surface area (Å²) in [7, 11) is 0. The fourth-order valence-electron chi connectivity index (χ4n) is 3.56. The Balaban J connectivity index is 1.43. The molecule has 1 N–H and O–H groups in total. The number of nitrogens with zero attached hydrogens (tertiary/aromatic N) is 1. The zero-order valence-corrected chi connectivity index (χ0v) is 16.0. The molecule has 1 aromatic rings. The van der Waals surface area contributed by atoms with Crippen LogP contribution in [-0.2, 0) is 16.0 Å². The van der Waals surface area contributed by atoms with E-state index in [1.54, 1.807) is 16.7 Å². The molecule has 6 heteroatoms. The van der Waals surface area contributed by atoms with Gasteiger partial charge in [-0.1, -0.05) is 36.6 Å². The van der Waals surface area contributed by atoms with Gasteiger partial charge < -0.3 is 10.2 Å². The fourth-order valence-corrected chi connectivity index (χ4v) is 4.85. The number of nitrogens with one attached hydrogen (secondary N) is 1. The van der Waals surface area contributed by atoms with Crippen molar-refractivity contribution < 1.29 is 9.59 Å². The molecule has 1 aromatic carbocycles. The van der Waals surface area contributed by atoms with E-state index in [1.807, 2.05) is 24.3 Å². The predicted molar refractivity (Wildman–Crippen MR) is 103 cm³/mol. The minimum atomic E-state index is -0.298. The van der Waals surface area contributed by atoms with Crippen LogP contribution in [0.3, 0.4) is 0 Å². The van der Waals surface area contributed by atoms with Gasteiger partial charge in [0.1, 0.15) is 6.04 Å². The number of hydrogen-bond acceptors (Lipinski definition) is 3. The van der Waals surface area contributed by atoms with Crippen LogP contribution >= 0.6 is 23.4 Å². The Morgan fingerprint density at radius 1 is 1.20 bits per heavy atom. The van der Waals surface area contributed by atoms with E-state index in [0.717, 1.165) is 43.5 Å². The summed E-state index contributed by atoms with van der Waals surface area (Å²) in [6.45, 7) is 0.633. The Morgan fingerprint density at radius 2 is 1.92 bits per heavy atom. The molecule has 1 atom stereocenters. The molecule has 1 unspecified atom stereocenters. The first-order chi connectivity index (χ1) is 12.1. The highest BCUT2D eigenvalue weighted by atomic mass is 35.5. The van der Waals surface area contributed by atoms with E-state index in [-0.39, 0.29) is 23.8 Å². The topological polar surface area (TPSA) is 49.4 Å². The van der Waals surface area contributed by atoms with E-state index in [1.165, 1.54) is 5.56 Å². The van der Waals surface area contributed by atoms with Crippen LogP contribution in [0.2, 0.25) is 5.02 Å². The molecule has 3 rings (SSSR count). The number of amides is 2. The van der Waals surface area contributed by atoms with E-state index < -0.39 is 0 Å². The maximum atomic E-state index is 12.6. The normalized spacial score (nSPS) is 20.8. The van der Waals surface area contributed by atoms with E-state index >= 15 is 0 Å². The van der Waals surface area contributed by atoms with Crippen LogP contribution in [-0.4, -0.2) is 40.9 Å². The van der Waals surface area contributed by atoms with Gasteiger partial charge in [0.25, 0.3) is 0 Å². The number of thioether (sulfide) groups is 1. The van der Waals surface area contributed by atoms with Crippen molar-refractivity contribution in [1.82, 2.24) is 10.2 Å². The van der Waals surface area contributed by atoms with Crippen LogP contribution < -0.4 is 5.32 Å². The van der Waals surface area contributed by atoms with Gasteiger partial charge in [-0.3, -0.25) is 9.59 Å². The van der Waals surface area contributed by atoms with Crippen molar-refractivity contribution in [1.29, 1.82) is 0 Å². The van der Waals surface area contributed by atoms with Crippen LogP contribution in [0, 0.1) is 5.92 Å². The summed E-state index contributed by atoms with van der Waals surface area (Å²) in [5.41, 5.74) is 1.22. The molecule has 1 saturated heterocycles. The smallest absolute Gasteiger partial charge is 0.243 e. The highest BCUT2D eigenvalue weighted by molar-refractivity contribution is 7.99. The van der Waals surface area contributed by atoms with Crippen LogP contribution in [0.25, 0.3) is 0 Å². The number of rotatable bonds is 6. The molecular weight excluding hydrogens is 356 g/mol. The van der Waals surface area contributed by atoms with Gasteiger partial charge in [-0.05, 0) is 43.4 Å². The molecule has 2 aliphatic rings. The van der Waals surface area contributed by atoms with Gasteiger partial charge in [-0.15, -0.1) is 11.8 Å². The second-order valence-electron chi connectivity index (χ2n) is 6.83. The lowest BCUT2D eigenvalue weighted by atomic mass is 10.1. The molecule has 1 aliphatic carbocycles. The average Bonchev–Trinajstić information content (AvgIpc) is 3.31. The molecule has 25 heavy (non-hydrogen) atoms. The molecule has 2 fully saturated rings. The molecule has 2 amide bonds. The second kappa shape index (κ2) is 8.95. The number of aryl methyl sites for hydroxylation is 1. The molecule has 0 bridgehead atoms. The Morgan fingerprint density at radius 3 is 2.64 bits per heavy atom. The average molecular weight is 381 g/mol. The highest BCUT2D eigenvalue weighted by Gasteiger charge is 2.38. The predicted octanol–water partition coefficient (Wildman–Crippen LogP) is 3.48. The highest BCUT2D eigenvalue weighted by Crippen LogP contribution is 2.30. The Kier molecular flexibility index (Phi) is 6.65. The third-order valence-corrected chi connectivity index (χ3v) is 6.29. The molecule has 1 aliphatic heterocycles. The summed E-state index contributed by atoms with van der Waals surface area (Å²) < 4.78 is 0. The largest absolute Gasteiger partial charge is 0.354 e. The second-order valence-corrected chi connectivity index (χ2v) is 8.26. The number of carbonyl (C=O) groups is 2. The van der Waals surface area contributed by atoms with E-state index in [9.17, 15) is 9.59 Å². The number of halogens is 1. The summed E-state index contributed by atoms with van der Waals surface area (Å²) >= 11 is 7.56.